The van der Waals surface area contributed by atoms with Crippen LogP contribution in [0.15, 0.2) is 36.4 Å². The zero-order chi connectivity index (χ0) is 23.3. The minimum Gasteiger partial charge on any atom is -0.342 e. The fourth-order valence-corrected chi connectivity index (χ4v) is 4.85. The summed E-state index contributed by atoms with van der Waals surface area (Å²) >= 11 is 0. The van der Waals surface area contributed by atoms with Gasteiger partial charge >= 0.3 is 0 Å². The smallest absolute Gasteiger partial charge is 0.261 e. The van der Waals surface area contributed by atoms with Crippen molar-refractivity contribution in [1.82, 2.24) is 19.8 Å². The molecule has 0 aliphatic carbocycles. The number of carbonyl (C=O) groups is 3. The summed E-state index contributed by atoms with van der Waals surface area (Å²) in [6, 6.07) is 10.9. The lowest BCUT2D eigenvalue weighted by Gasteiger charge is -2.31. The highest BCUT2D eigenvalue weighted by Gasteiger charge is 2.38. The molecule has 1 fully saturated rings. The number of aromatic nitrogens is 2. The van der Waals surface area contributed by atoms with Crippen LogP contribution in [0.2, 0.25) is 0 Å². The maximum atomic E-state index is 13.2. The molecule has 7 nitrogen and oxygen atoms in total. The molecule has 2 aliphatic heterocycles. The van der Waals surface area contributed by atoms with E-state index in [4.69, 9.17) is 4.98 Å². The summed E-state index contributed by atoms with van der Waals surface area (Å²) in [7, 11) is 0. The summed E-state index contributed by atoms with van der Waals surface area (Å²) in [5, 5.41) is 0. The monoisotopic (exact) mass is 444 g/mol. The Hall–Kier alpha value is -3.48. The molecule has 0 bridgehead atoms. The average Bonchev–Trinajstić information content (AvgIpc) is 3.36. The molecule has 33 heavy (non-hydrogen) atoms. The first-order valence-corrected chi connectivity index (χ1v) is 11.6. The summed E-state index contributed by atoms with van der Waals surface area (Å²) in [6.45, 7) is 7.12. The van der Waals surface area contributed by atoms with E-state index in [9.17, 15) is 14.4 Å². The van der Waals surface area contributed by atoms with Gasteiger partial charge in [0.25, 0.3) is 17.7 Å². The number of imide groups is 1. The number of piperidine rings is 1. The van der Waals surface area contributed by atoms with Crippen molar-refractivity contribution in [1.29, 1.82) is 0 Å². The minimum absolute atomic E-state index is 0.0984. The van der Waals surface area contributed by atoms with Crippen LogP contribution in [0, 0.1) is 6.92 Å². The van der Waals surface area contributed by atoms with Crippen LogP contribution in [0.5, 0.6) is 0 Å². The van der Waals surface area contributed by atoms with Crippen LogP contribution in [0.3, 0.4) is 0 Å². The fraction of sp³-hybridized carbons (Fsp3) is 0.385. The molecule has 170 valence electrons. The Kier molecular flexibility index (Phi) is 5.27. The summed E-state index contributed by atoms with van der Waals surface area (Å²) in [6.07, 6.45) is 2.35. The van der Waals surface area contributed by atoms with Crippen LogP contribution in [0.1, 0.15) is 81.5 Å². The maximum Gasteiger partial charge on any atom is 0.261 e. The second kappa shape index (κ2) is 8.14. The van der Waals surface area contributed by atoms with Crippen molar-refractivity contribution in [3.63, 3.8) is 0 Å². The van der Waals surface area contributed by atoms with Crippen LogP contribution in [-0.2, 0) is 0 Å². The molecule has 1 unspecified atom stereocenters. The van der Waals surface area contributed by atoms with E-state index in [2.05, 4.69) is 24.0 Å². The predicted molar refractivity (Wildman–Crippen MR) is 125 cm³/mol. The van der Waals surface area contributed by atoms with E-state index in [1.54, 1.807) is 18.2 Å². The average molecular weight is 445 g/mol. The van der Waals surface area contributed by atoms with Crippen LogP contribution in [0.4, 0.5) is 0 Å². The number of rotatable bonds is 4. The van der Waals surface area contributed by atoms with E-state index in [0.717, 1.165) is 29.7 Å². The van der Waals surface area contributed by atoms with Gasteiger partial charge in [0.2, 0.25) is 0 Å². The van der Waals surface area contributed by atoms with Crippen LogP contribution >= 0.6 is 0 Å². The van der Waals surface area contributed by atoms with Gasteiger partial charge in [0.05, 0.1) is 22.2 Å². The van der Waals surface area contributed by atoms with E-state index in [-0.39, 0.29) is 29.7 Å². The maximum absolute atomic E-state index is 13.2. The van der Waals surface area contributed by atoms with Gasteiger partial charge in [-0.3, -0.25) is 19.3 Å². The van der Waals surface area contributed by atoms with Crippen molar-refractivity contribution in [2.45, 2.75) is 52.0 Å². The SMILES string of the molecule is CCC(C)N1C(=O)c2ccc(C(=O)N3CCC(c4nc5ccc(C)cc5[nH]4)CC3)cc2C1=O. The lowest BCUT2D eigenvalue weighted by atomic mass is 9.95. The van der Waals surface area contributed by atoms with Gasteiger partial charge in [0.1, 0.15) is 5.82 Å². The van der Waals surface area contributed by atoms with Crippen molar-refractivity contribution in [2.75, 3.05) is 13.1 Å². The first-order valence-electron chi connectivity index (χ1n) is 11.6. The summed E-state index contributed by atoms with van der Waals surface area (Å²) in [5.41, 5.74) is 4.39. The Balaban J connectivity index is 1.29. The van der Waals surface area contributed by atoms with E-state index >= 15 is 0 Å². The molecule has 1 saturated heterocycles. The number of nitrogens with one attached hydrogen (secondary N) is 1. The predicted octanol–water partition coefficient (Wildman–Crippen LogP) is 4.29. The van der Waals surface area contributed by atoms with Gasteiger partial charge in [-0.05, 0) is 69.0 Å². The zero-order valence-corrected chi connectivity index (χ0v) is 19.2. The van der Waals surface area contributed by atoms with E-state index in [0.29, 0.717) is 36.2 Å². The van der Waals surface area contributed by atoms with Gasteiger partial charge in [-0.1, -0.05) is 13.0 Å². The van der Waals surface area contributed by atoms with Crippen LogP contribution in [-0.4, -0.2) is 56.6 Å². The first-order chi connectivity index (χ1) is 15.9. The van der Waals surface area contributed by atoms with Gasteiger partial charge in [0, 0.05) is 30.6 Å². The summed E-state index contributed by atoms with van der Waals surface area (Å²) < 4.78 is 0. The number of fused-ring (bicyclic) bond motifs is 2. The fourth-order valence-electron chi connectivity index (χ4n) is 4.85. The van der Waals surface area contributed by atoms with Crippen molar-refractivity contribution in [3.8, 4) is 0 Å². The summed E-state index contributed by atoms with van der Waals surface area (Å²) in [5.74, 6) is 0.585. The normalized spacial score (nSPS) is 17.7. The molecule has 1 aromatic heterocycles. The number of H-pyrrole nitrogens is 1. The number of aryl methyl sites for hydroxylation is 1. The molecule has 7 heteroatoms. The highest BCUT2D eigenvalue weighted by Crippen LogP contribution is 2.30. The van der Waals surface area contributed by atoms with Crippen molar-refractivity contribution in [3.05, 3.63) is 64.5 Å². The molecular formula is C26H28N4O3. The third-order valence-electron chi connectivity index (χ3n) is 7.02. The number of aromatic amines is 1. The molecule has 0 saturated carbocycles. The molecule has 5 rings (SSSR count). The Labute approximate surface area is 192 Å². The lowest BCUT2D eigenvalue weighted by molar-refractivity contribution is 0.0593. The molecule has 0 spiro atoms. The van der Waals surface area contributed by atoms with Gasteiger partial charge < -0.3 is 9.88 Å². The topological polar surface area (TPSA) is 86.4 Å². The van der Waals surface area contributed by atoms with Crippen molar-refractivity contribution < 1.29 is 14.4 Å². The number of hydrogen-bond donors (Lipinski definition) is 1. The second-order valence-corrected chi connectivity index (χ2v) is 9.21. The number of likely N-dealkylation sites (tertiary alicyclic amines) is 1. The molecule has 3 amide bonds. The van der Waals surface area contributed by atoms with Crippen molar-refractivity contribution >= 4 is 28.8 Å². The van der Waals surface area contributed by atoms with Crippen LogP contribution in [0.25, 0.3) is 11.0 Å². The zero-order valence-electron chi connectivity index (χ0n) is 19.2. The van der Waals surface area contributed by atoms with E-state index < -0.39 is 0 Å². The standard InChI is InChI=1S/C26H28N4O3/c1-4-16(3)30-25(32)19-7-6-18(14-20(19)26(30)33)24(31)29-11-9-17(10-12-29)23-27-21-8-5-15(2)13-22(21)28-23/h5-8,13-14,16-17H,4,9-12H2,1-3H3,(H,27,28). The third-order valence-corrected chi connectivity index (χ3v) is 7.02. The highest BCUT2D eigenvalue weighted by molar-refractivity contribution is 6.22. The number of amides is 3. The number of benzene rings is 2. The largest absolute Gasteiger partial charge is 0.342 e. The Morgan fingerprint density at radius 2 is 1.82 bits per heavy atom. The number of nitrogens with zero attached hydrogens (tertiary/aromatic N) is 3. The number of imidazole rings is 1. The van der Waals surface area contributed by atoms with Gasteiger partial charge in [0.15, 0.2) is 0 Å². The Bertz CT molecular complexity index is 1270. The van der Waals surface area contributed by atoms with Crippen LogP contribution < -0.4 is 0 Å². The highest BCUT2D eigenvalue weighted by atomic mass is 16.2. The molecule has 3 heterocycles. The third kappa shape index (κ3) is 3.61. The second-order valence-electron chi connectivity index (χ2n) is 9.21. The molecule has 2 aromatic carbocycles. The molecule has 0 radical (unpaired) electrons. The van der Waals surface area contributed by atoms with Gasteiger partial charge in [-0.15, -0.1) is 0 Å². The van der Waals surface area contributed by atoms with E-state index in [1.807, 2.05) is 24.8 Å². The first kappa shape index (κ1) is 21.4. The summed E-state index contributed by atoms with van der Waals surface area (Å²) in [4.78, 5) is 50.0. The number of carbonyl (C=O) groups excluding carboxylic acids is 3. The molecule has 2 aliphatic rings. The van der Waals surface area contributed by atoms with E-state index in [1.165, 1.54) is 10.5 Å². The minimum atomic E-state index is -0.308. The van der Waals surface area contributed by atoms with Gasteiger partial charge in [-0.2, -0.15) is 0 Å². The molecular weight excluding hydrogens is 416 g/mol. The Morgan fingerprint density at radius 1 is 1.09 bits per heavy atom. The number of hydrogen-bond acceptors (Lipinski definition) is 4. The quantitative estimate of drug-likeness (QED) is 0.609. The van der Waals surface area contributed by atoms with Crippen molar-refractivity contribution in [2.24, 2.45) is 0 Å². The molecule has 1 atom stereocenters. The van der Waals surface area contributed by atoms with Gasteiger partial charge in [-0.25, -0.2) is 4.98 Å². The Morgan fingerprint density at radius 3 is 2.55 bits per heavy atom. The molecule has 1 N–H and O–H groups in total. The lowest BCUT2D eigenvalue weighted by Crippen LogP contribution is -2.38. The molecule has 3 aromatic rings.